The van der Waals surface area contributed by atoms with Crippen LogP contribution in [0.1, 0.15) is 24.1 Å². The highest BCUT2D eigenvalue weighted by Gasteiger charge is 2.32. The van der Waals surface area contributed by atoms with Crippen LogP contribution in [0.15, 0.2) is 98.6 Å². The van der Waals surface area contributed by atoms with Crippen molar-refractivity contribution in [3.63, 3.8) is 0 Å². The zero-order valence-electron chi connectivity index (χ0n) is 21.9. The lowest BCUT2D eigenvalue weighted by atomic mass is 9.95. The van der Waals surface area contributed by atoms with Crippen molar-refractivity contribution in [2.24, 2.45) is 19.1 Å². The molecule has 1 N–H and O–H groups in total. The third kappa shape index (κ3) is 4.22. The van der Waals surface area contributed by atoms with Gasteiger partial charge < -0.3 is 5.32 Å². The topological polar surface area (TPSA) is 90.4 Å². The number of allylic oxidation sites excluding steroid dienone is 1. The van der Waals surface area contributed by atoms with Crippen LogP contribution in [0.5, 0.6) is 0 Å². The smallest absolute Gasteiger partial charge is 0.322 e. The summed E-state index contributed by atoms with van der Waals surface area (Å²) in [5, 5.41) is 2.90. The highest BCUT2D eigenvalue weighted by molar-refractivity contribution is 7.07. The molecular formula is C30H24FN5O3S. The van der Waals surface area contributed by atoms with Crippen molar-refractivity contribution in [1.82, 2.24) is 13.7 Å². The first kappa shape index (κ1) is 25.4. The molecule has 200 valence electrons. The second-order valence-corrected chi connectivity index (χ2v) is 10.6. The molecule has 0 radical (unpaired) electrons. The van der Waals surface area contributed by atoms with E-state index in [2.05, 4.69) is 10.3 Å². The Balaban J connectivity index is 1.51. The minimum Gasteiger partial charge on any atom is -0.322 e. The normalized spacial score (nSPS) is 15.3. The molecule has 40 heavy (non-hydrogen) atoms. The molecule has 6 rings (SSSR count). The Morgan fingerprint density at radius 1 is 0.975 bits per heavy atom. The second kappa shape index (κ2) is 9.73. The molecule has 1 atom stereocenters. The highest BCUT2D eigenvalue weighted by Crippen LogP contribution is 2.31. The predicted octanol–water partition coefficient (Wildman–Crippen LogP) is 3.20. The van der Waals surface area contributed by atoms with Crippen molar-refractivity contribution in [2.75, 3.05) is 5.32 Å². The van der Waals surface area contributed by atoms with Gasteiger partial charge >= 0.3 is 5.69 Å². The summed E-state index contributed by atoms with van der Waals surface area (Å²) in [4.78, 5) is 44.9. The number of carbonyl (C=O) groups excluding carboxylic acids is 1. The first-order valence-corrected chi connectivity index (χ1v) is 13.3. The number of para-hydroxylation sites is 1. The minimum absolute atomic E-state index is 0.136. The number of thiazole rings is 1. The molecule has 0 spiro atoms. The third-order valence-electron chi connectivity index (χ3n) is 7.08. The van der Waals surface area contributed by atoms with Crippen LogP contribution in [0.2, 0.25) is 0 Å². The molecule has 1 amide bonds. The van der Waals surface area contributed by atoms with Crippen molar-refractivity contribution in [2.45, 2.75) is 13.0 Å². The maximum atomic E-state index is 13.9. The number of rotatable bonds is 4. The molecule has 5 aromatic rings. The van der Waals surface area contributed by atoms with Gasteiger partial charge in [0.2, 0.25) is 0 Å². The van der Waals surface area contributed by atoms with E-state index >= 15 is 0 Å². The number of aryl methyl sites for hydroxylation is 2. The molecule has 0 saturated heterocycles. The summed E-state index contributed by atoms with van der Waals surface area (Å²) < 4.78 is 18.9. The predicted molar refractivity (Wildman–Crippen MR) is 153 cm³/mol. The van der Waals surface area contributed by atoms with Crippen molar-refractivity contribution in [1.29, 1.82) is 0 Å². The Morgan fingerprint density at radius 3 is 2.40 bits per heavy atom. The van der Waals surface area contributed by atoms with E-state index in [1.807, 2.05) is 36.4 Å². The van der Waals surface area contributed by atoms with Gasteiger partial charge in [-0.25, -0.2) is 14.2 Å². The minimum atomic E-state index is -0.805. The van der Waals surface area contributed by atoms with Crippen LogP contribution in [0.25, 0.3) is 17.1 Å². The van der Waals surface area contributed by atoms with Gasteiger partial charge in [-0.2, -0.15) is 0 Å². The first-order valence-electron chi connectivity index (χ1n) is 12.5. The average molecular weight is 554 g/mol. The van der Waals surface area contributed by atoms with Crippen LogP contribution in [0.4, 0.5) is 10.1 Å². The Labute approximate surface area is 231 Å². The van der Waals surface area contributed by atoms with Crippen LogP contribution in [0.3, 0.4) is 0 Å². The van der Waals surface area contributed by atoms with Crippen LogP contribution in [0, 0.1) is 5.82 Å². The first-order chi connectivity index (χ1) is 19.2. The van der Waals surface area contributed by atoms with E-state index < -0.39 is 17.8 Å². The number of nitrogens with zero attached hydrogens (tertiary/aromatic N) is 4. The number of carbonyl (C=O) groups is 1. The molecule has 3 heterocycles. The highest BCUT2D eigenvalue weighted by atomic mass is 32.1. The summed E-state index contributed by atoms with van der Waals surface area (Å²) in [6.45, 7) is 1.73. The van der Waals surface area contributed by atoms with E-state index in [0.29, 0.717) is 31.9 Å². The summed E-state index contributed by atoms with van der Waals surface area (Å²) >= 11 is 1.21. The van der Waals surface area contributed by atoms with E-state index in [-0.39, 0.29) is 11.2 Å². The largest absolute Gasteiger partial charge is 0.328 e. The van der Waals surface area contributed by atoms with Crippen LogP contribution in [-0.4, -0.2) is 19.6 Å². The molecule has 1 aliphatic rings. The van der Waals surface area contributed by atoms with E-state index in [1.54, 1.807) is 60.5 Å². The van der Waals surface area contributed by atoms with Gasteiger partial charge in [0.15, 0.2) is 4.80 Å². The fraction of sp³-hybridized carbons (Fsp3) is 0.133. The average Bonchev–Trinajstić information content (AvgIpc) is 3.36. The molecule has 1 unspecified atom stereocenters. The molecular weight excluding hydrogens is 529 g/mol. The number of nitrogens with one attached hydrogen (secondary N) is 1. The van der Waals surface area contributed by atoms with Gasteiger partial charge in [-0.15, -0.1) is 0 Å². The molecule has 0 saturated carbocycles. The monoisotopic (exact) mass is 553 g/mol. The van der Waals surface area contributed by atoms with Gasteiger partial charge in [0, 0.05) is 19.8 Å². The molecule has 8 nitrogen and oxygen atoms in total. The fourth-order valence-corrected chi connectivity index (χ4v) is 6.10. The number of benzene rings is 3. The maximum Gasteiger partial charge on any atom is 0.328 e. The molecule has 10 heteroatoms. The lowest BCUT2D eigenvalue weighted by molar-refractivity contribution is -0.113. The summed E-state index contributed by atoms with van der Waals surface area (Å²) in [7, 11) is 3.42. The number of hydrogen-bond acceptors (Lipinski definition) is 5. The number of aromatic nitrogens is 3. The molecule has 3 aromatic carbocycles. The molecule has 0 aliphatic carbocycles. The van der Waals surface area contributed by atoms with E-state index in [9.17, 15) is 18.8 Å². The quantitative estimate of drug-likeness (QED) is 0.371. The Morgan fingerprint density at radius 2 is 1.68 bits per heavy atom. The Hall–Kier alpha value is -4.83. The zero-order valence-corrected chi connectivity index (χ0v) is 22.7. The van der Waals surface area contributed by atoms with Crippen molar-refractivity contribution in [3.8, 4) is 0 Å². The number of imidazole rings is 1. The van der Waals surface area contributed by atoms with Gasteiger partial charge in [-0.3, -0.25) is 23.3 Å². The third-order valence-corrected chi connectivity index (χ3v) is 8.06. The van der Waals surface area contributed by atoms with Crippen molar-refractivity contribution >= 4 is 40.0 Å². The molecule has 2 aromatic heterocycles. The standard InChI is InChI=1S/C30H24FN5O3S/c1-17-25(27(37)33-21-7-5-4-6-8-21)26(19-10-12-20(31)13-11-19)36-28(38)24(40-29(36)32-17)16-18-9-14-22-23(15-18)35(3)30(39)34(22)2/h4-16,26H,1-3H3,(H,33,37)/b24-16+. The lowest BCUT2D eigenvalue weighted by Gasteiger charge is -2.25. The second-order valence-electron chi connectivity index (χ2n) is 9.60. The van der Waals surface area contributed by atoms with Crippen LogP contribution in [-0.2, 0) is 18.9 Å². The Kier molecular flexibility index (Phi) is 6.19. The van der Waals surface area contributed by atoms with Crippen LogP contribution >= 0.6 is 11.3 Å². The van der Waals surface area contributed by atoms with E-state index in [1.165, 1.54) is 28.0 Å². The number of anilines is 1. The summed E-state index contributed by atoms with van der Waals surface area (Å²) in [6.07, 6.45) is 1.76. The Bertz CT molecular complexity index is 2080. The van der Waals surface area contributed by atoms with Crippen molar-refractivity contribution in [3.05, 3.63) is 131 Å². The zero-order chi connectivity index (χ0) is 28.1. The fourth-order valence-electron chi connectivity index (χ4n) is 5.06. The van der Waals surface area contributed by atoms with Crippen LogP contribution < -0.4 is 25.9 Å². The van der Waals surface area contributed by atoms with E-state index in [0.717, 1.165) is 16.6 Å². The summed E-state index contributed by atoms with van der Waals surface area (Å²) in [5.74, 6) is -0.815. The van der Waals surface area contributed by atoms with Gasteiger partial charge in [0.25, 0.3) is 11.5 Å². The van der Waals surface area contributed by atoms with E-state index in [4.69, 9.17) is 0 Å². The maximum absolute atomic E-state index is 13.9. The number of fused-ring (bicyclic) bond motifs is 2. The SMILES string of the molecule is CC1=C(C(=O)Nc2ccccc2)C(c2ccc(F)cc2)n2c(s/c(=C/c3ccc4c(c3)n(C)c(=O)n4C)c2=O)=N1. The molecule has 1 aliphatic heterocycles. The van der Waals surface area contributed by atoms with Gasteiger partial charge in [-0.1, -0.05) is 47.7 Å². The van der Waals surface area contributed by atoms with Crippen molar-refractivity contribution < 1.29 is 9.18 Å². The number of amides is 1. The summed E-state index contributed by atoms with van der Waals surface area (Å²) in [5.41, 5.74) is 3.78. The molecule has 0 fully saturated rings. The number of hydrogen-bond donors (Lipinski definition) is 1. The molecule has 0 bridgehead atoms. The van der Waals surface area contributed by atoms with Gasteiger partial charge in [-0.05, 0) is 60.5 Å². The summed E-state index contributed by atoms with van der Waals surface area (Å²) in [6, 6.07) is 19.5. The van der Waals surface area contributed by atoms with Gasteiger partial charge in [0.1, 0.15) is 5.82 Å². The van der Waals surface area contributed by atoms with Gasteiger partial charge in [0.05, 0.1) is 32.9 Å². The number of halogens is 1. The lowest BCUT2D eigenvalue weighted by Crippen LogP contribution is -2.40.